The molecule has 3 aromatic carbocycles. The van der Waals surface area contributed by atoms with E-state index in [-0.39, 0.29) is 11.3 Å². The molecule has 2 heterocycles. The number of hydroxylamine groups is 1. The van der Waals surface area contributed by atoms with Gasteiger partial charge in [-0.05, 0) is 36.4 Å². The first-order valence-corrected chi connectivity index (χ1v) is 9.45. The van der Waals surface area contributed by atoms with Gasteiger partial charge >= 0.3 is 0 Å². The Kier molecular flexibility index (Phi) is 4.33. The molecule has 2 saturated heterocycles. The normalized spacial score (nSPS) is 23.2. The Labute approximate surface area is 171 Å². The van der Waals surface area contributed by atoms with E-state index >= 15 is 0 Å². The average Bonchev–Trinajstić information content (AvgIpc) is 3.25. The molecule has 0 aromatic heterocycles. The topological polar surface area (TPSA) is 49.9 Å². The van der Waals surface area contributed by atoms with Crippen molar-refractivity contribution < 1.29 is 23.2 Å². The Morgan fingerprint density at radius 3 is 2.20 bits per heavy atom. The first-order valence-electron chi connectivity index (χ1n) is 9.45. The summed E-state index contributed by atoms with van der Waals surface area (Å²) in [7, 11) is 0. The molecular formula is C23H16F2N2O3. The lowest BCUT2D eigenvalue weighted by Crippen LogP contribution is -2.37. The van der Waals surface area contributed by atoms with Gasteiger partial charge in [0.15, 0.2) is 6.10 Å². The highest BCUT2D eigenvalue weighted by Crippen LogP contribution is 2.48. The SMILES string of the molecule is O=C1C2ON(c3ccccc3)C(c3ccccc3F)C2C(=O)N1c1cccc(F)c1. The molecule has 5 nitrogen and oxygen atoms in total. The van der Waals surface area contributed by atoms with Crippen molar-refractivity contribution in [2.45, 2.75) is 12.1 Å². The fourth-order valence-electron chi connectivity index (χ4n) is 4.11. The van der Waals surface area contributed by atoms with Crippen molar-refractivity contribution in [2.24, 2.45) is 5.92 Å². The molecule has 150 valence electrons. The number of imide groups is 1. The lowest BCUT2D eigenvalue weighted by atomic mass is 9.90. The van der Waals surface area contributed by atoms with Crippen molar-refractivity contribution in [3.63, 3.8) is 0 Å². The van der Waals surface area contributed by atoms with Gasteiger partial charge in [-0.3, -0.25) is 14.4 Å². The standard InChI is InChI=1S/C23H16F2N2O3/c24-14-7-6-10-16(13-14)26-22(28)19-20(17-11-4-5-12-18(17)25)27(30-21(19)23(26)29)15-8-2-1-3-9-15/h1-13,19-21H. The second kappa shape index (κ2) is 7.03. The molecule has 0 N–H and O–H groups in total. The number of halogens is 2. The number of amides is 2. The van der Waals surface area contributed by atoms with Crippen LogP contribution in [0.25, 0.3) is 0 Å². The van der Waals surface area contributed by atoms with Crippen molar-refractivity contribution in [1.29, 1.82) is 0 Å². The predicted octanol–water partition coefficient (Wildman–Crippen LogP) is 4.02. The smallest absolute Gasteiger partial charge is 0.266 e. The van der Waals surface area contributed by atoms with E-state index < -0.39 is 41.5 Å². The molecule has 3 aromatic rings. The van der Waals surface area contributed by atoms with Crippen LogP contribution in [-0.4, -0.2) is 17.9 Å². The monoisotopic (exact) mass is 406 g/mol. The second-order valence-electron chi connectivity index (χ2n) is 7.17. The molecule has 0 aliphatic carbocycles. The van der Waals surface area contributed by atoms with Gasteiger partial charge in [0.2, 0.25) is 5.91 Å². The van der Waals surface area contributed by atoms with Crippen LogP contribution in [0.4, 0.5) is 20.2 Å². The van der Waals surface area contributed by atoms with Gasteiger partial charge in [0.05, 0.1) is 17.4 Å². The number of para-hydroxylation sites is 1. The first kappa shape index (κ1) is 18.4. The van der Waals surface area contributed by atoms with E-state index in [0.717, 1.165) is 11.0 Å². The number of fused-ring (bicyclic) bond motifs is 1. The Balaban J connectivity index is 1.61. The van der Waals surface area contributed by atoms with Crippen LogP contribution in [0.1, 0.15) is 11.6 Å². The van der Waals surface area contributed by atoms with E-state index in [0.29, 0.717) is 5.69 Å². The van der Waals surface area contributed by atoms with Crippen molar-refractivity contribution in [1.82, 2.24) is 0 Å². The Bertz CT molecular complexity index is 1140. The summed E-state index contributed by atoms with van der Waals surface area (Å²) < 4.78 is 28.4. The fourth-order valence-corrected chi connectivity index (χ4v) is 4.11. The summed E-state index contributed by atoms with van der Waals surface area (Å²) in [4.78, 5) is 33.3. The van der Waals surface area contributed by atoms with Crippen LogP contribution in [-0.2, 0) is 14.4 Å². The van der Waals surface area contributed by atoms with Gasteiger partial charge in [-0.1, -0.05) is 42.5 Å². The van der Waals surface area contributed by atoms with Crippen LogP contribution in [0.5, 0.6) is 0 Å². The van der Waals surface area contributed by atoms with E-state index in [2.05, 4.69) is 0 Å². The summed E-state index contributed by atoms with van der Waals surface area (Å²) in [5.74, 6) is -3.20. The number of hydrogen-bond donors (Lipinski definition) is 0. The molecule has 0 saturated carbocycles. The highest BCUT2D eigenvalue weighted by Gasteiger charge is 2.60. The van der Waals surface area contributed by atoms with Crippen LogP contribution in [0.2, 0.25) is 0 Å². The molecule has 2 aliphatic heterocycles. The van der Waals surface area contributed by atoms with Gasteiger partial charge in [-0.2, -0.15) is 0 Å². The maximum absolute atomic E-state index is 14.7. The number of rotatable bonds is 3. The number of benzene rings is 3. The summed E-state index contributed by atoms with van der Waals surface area (Å²) in [6, 6.07) is 19.4. The van der Waals surface area contributed by atoms with Gasteiger partial charge in [0.1, 0.15) is 17.6 Å². The molecule has 0 radical (unpaired) electrons. The molecular weight excluding hydrogens is 390 g/mol. The van der Waals surface area contributed by atoms with E-state index in [4.69, 9.17) is 4.84 Å². The van der Waals surface area contributed by atoms with E-state index in [1.165, 1.54) is 29.3 Å². The summed E-state index contributed by atoms with van der Waals surface area (Å²) in [5, 5.41) is 1.42. The number of nitrogens with zero attached hydrogens (tertiary/aromatic N) is 2. The highest BCUT2D eigenvalue weighted by molar-refractivity contribution is 6.23. The molecule has 3 unspecified atom stereocenters. The maximum atomic E-state index is 14.7. The largest absolute Gasteiger partial charge is 0.273 e. The van der Waals surface area contributed by atoms with Crippen molar-refractivity contribution in [3.8, 4) is 0 Å². The minimum absolute atomic E-state index is 0.126. The second-order valence-corrected chi connectivity index (χ2v) is 7.17. The van der Waals surface area contributed by atoms with Crippen LogP contribution >= 0.6 is 0 Å². The molecule has 30 heavy (non-hydrogen) atoms. The zero-order chi connectivity index (χ0) is 20.8. The fraction of sp³-hybridized carbons (Fsp3) is 0.130. The van der Waals surface area contributed by atoms with Gasteiger partial charge in [-0.15, -0.1) is 0 Å². The van der Waals surface area contributed by atoms with Crippen molar-refractivity contribution >= 4 is 23.2 Å². The van der Waals surface area contributed by atoms with E-state index in [1.54, 1.807) is 42.5 Å². The molecule has 7 heteroatoms. The van der Waals surface area contributed by atoms with Crippen molar-refractivity contribution in [3.05, 3.63) is 96.1 Å². The van der Waals surface area contributed by atoms with Gasteiger partial charge in [0.25, 0.3) is 5.91 Å². The zero-order valence-electron chi connectivity index (χ0n) is 15.6. The molecule has 2 aliphatic rings. The number of hydrogen-bond acceptors (Lipinski definition) is 4. The summed E-state index contributed by atoms with van der Waals surface area (Å²) >= 11 is 0. The summed E-state index contributed by atoms with van der Waals surface area (Å²) in [6.07, 6.45) is -1.13. The molecule has 0 spiro atoms. The predicted molar refractivity (Wildman–Crippen MR) is 105 cm³/mol. The lowest BCUT2D eigenvalue weighted by molar-refractivity contribution is -0.126. The third-order valence-electron chi connectivity index (χ3n) is 5.42. The van der Waals surface area contributed by atoms with Crippen LogP contribution in [0.15, 0.2) is 78.9 Å². The molecule has 3 atom stereocenters. The highest BCUT2D eigenvalue weighted by atomic mass is 19.1. The first-order chi connectivity index (χ1) is 14.6. The van der Waals surface area contributed by atoms with Crippen molar-refractivity contribution in [2.75, 3.05) is 9.96 Å². The molecule has 0 bridgehead atoms. The zero-order valence-corrected chi connectivity index (χ0v) is 15.6. The van der Waals surface area contributed by atoms with E-state index in [1.807, 2.05) is 6.07 Å². The third kappa shape index (κ3) is 2.78. The quantitative estimate of drug-likeness (QED) is 0.617. The lowest BCUT2D eigenvalue weighted by Gasteiger charge is -2.29. The minimum Gasteiger partial charge on any atom is -0.273 e. The van der Waals surface area contributed by atoms with Gasteiger partial charge in [0, 0.05) is 5.56 Å². The van der Waals surface area contributed by atoms with Gasteiger partial charge < -0.3 is 0 Å². The van der Waals surface area contributed by atoms with Gasteiger partial charge in [-0.25, -0.2) is 18.7 Å². The molecule has 5 rings (SSSR count). The molecule has 2 amide bonds. The minimum atomic E-state index is -1.13. The van der Waals surface area contributed by atoms with Crippen LogP contribution in [0, 0.1) is 17.6 Å². The number of carbonyl (C=O) groups excluding carboxylic acids is 2. The van der Waals surface area contributed by atoms with Crippen LogP contribution < -0.4 is 9.96 Å². The Morgan fingerprint density at radius 1 is 0.767 bits per heavy atom. The third-order valence-corrected chi connectivity index (χ3v) is 5.42. The summed E-state index contributed by atoms with van der Waals surface area (Å²) in [6.45, 7) is 0. The maximum Gasteiger partial charge on any atom is 0.266 e. The summed E-state index contributed by atoms with van der Waals surface area (Å²) in [5.41, 5.74) is 0.968. The number of anilines is 2. The molecule has 2 fully saturated rings. The number of carbonyl (C=O) groups is 2. The van der Waals surface area contributed by atoms with E-state index in [9.17, 15) is 18.4 Å². The Morgan fingerprint density at radius 2 is 1.47 bits per heavy atom. The van der Waals surface area contributed by atoms with Crippen LogP contribution in [0.3, 0.4) is 0 Å². The average molecular weight is 406 g/mol. The Hall–Kier alpha value is -3.58.